The van der Waals surface area contributed by atoms with Crippen molar-refractivity contribution in [3.63, 3.8) is 0 Å². The van der Waals surface area contributed by atoms with Crippen molar-refractivity contribution in [2.24, 2.45) is 5.11 Å². The number of hydrogen-bond donors (Lipinski definition) is 1. The summed E-state index contributed by atoms with van der Waals surface area (Å²) >= 11 is 0. The molecular weight excluding hydrogens is 128 g/mol. The first kappa shape index (κ1) is 8.58. The molecule has 0 unspecified atom stereocenters. The lowest BCUT2D eigenvalue weighted by Gasteiger charge is -2.07. The predicted octanol–water partition coefficient (Wildman–Crippen LogP) is 1.60. The van der Waals surface area contributed by atoms with Crippen LogP contribution < -0.4 is 0 Å². The molecule has 0 fully saturated rings. The third kappa shape index (κ3) is 1.53. The molecule has 0 amide bonds. The van der Waals surface area contributed by atoms with E-state index in [1.54, 1.807) is 12.1 Å². The Morgan fingerprint density at radius 2 is 2.00 bits per heavy atom. The van der Waals surface area contributed by atoms with E-state index >= 15 is 0 Å². The lowest BCUT2D eigenvalue weighted by atomic mass is 9.99. The maximum absolute atomic E-state index is 8.42. The molecule has 0 aromatic rings. The molecule has 1 N–H and O–H groups in total. The van der Waals surface area contributed by atoms with Crippen LogP contribution in [0.5, 0.6) is 0 Å². The summed E-state index contributed by atoms with van der Waals surface area (Å²) < 4.78 is 0. The van der Waals surface area contributed by atoms with E-state index in [4.69, 9.17) is 16.1 Å². The third-order valence-electron chi connectivity index (χ3n) is 1.17. The SMILES string of the molecule is CCCC(C#N)(C#N)N=N. The zero-order valence-corrected chi connectivity index (χ0v) is 5.76. The van der Waals surface area contributed by atoms with Gasteiger partial charge in [0.25, 0.3) is 5.54 Å². The summed E-state index contributed by atoms with van der Waals surface area (Å²) in [6.45, 7) is 1.84. The molecule has 52 valence electrons. The Labute approximate surface area is 59.6 Å². The molecule has 0 atom stereocenters. The third-order valence-corrected chi connectivity index (χ3v) is 1.17. The van der Waals surface area contributed by atoms with Crippen LogP contribution in [0.15, 0.2) is 5.11 Å². The first-order valence-corrected chi connectivity index (χ1v) is 2.96. The summed E-state index contributed by atoms with van der Waals surface area (Å²) in [4.78, 5) is 0. The number of nitrogens with one attached hydrogen (secondary N) is 1. The van der Waals surface area contributed by atoms with E-state index in [0.29, 0.717) is 12.8 Å². The van der Waals surface area contributed by atoms with Crippen molar-refractivity contribution in [1.29, 1.82) is 16.1 Å². The molecule has 0 spiro atoms. The van der Waals surface area contributed by atoms with Gasteiger partial charge in [-0.25, -0.2) is 5.53 Å². The van der Waals surface area contributed by atoms with E-state index in [1.165, 1.54) is 0 Å². The van der Waals surface area contributed by atoms with Gasteiger partial charge in [-0.15, -0.1) is 0 Å². The van der Waals surface area contributed by atoms with Gasteiger partial charge >= 0.3 is 0 Å². The Balaban J connectivity index is 4.39. The van der Waals surface area contributed by atoms with Gasteiger partial charge in [-0.2, -0.15) is 15.6 Å². The van der Waals surface area contributed by atoms with Crippen LogP contribution in [0.3, 0.4) is 0 Å². The molecule has 0 heterocycles. The predicted molar refractivity (Wildman–Crippen MR) is 34.0 cm³/mol. The van der Waals surface area contributed by atoms with E-state index in [2.05, 4.69) is 5.11 Å². The summed E-state index contributed by atoms with van der Waals surface area (Å²) in [5.41, 5.74) is 5.17. The average molecular weight is 136 g/mol. The summed E-state index contributed by atoms with van der Waals surface area (Å²) in [5, 5.41) is 19.8. The van der Waals surface area contributed by atoms with Crippen molar-refractivity contribution in [1.82, 2.24) is 0 Å². The molecule has 0 saturated heterocycles. The zero-order chi connectivity index (χ0) is 8.04. The smallest absolute Gasteiger partial charge is 0.207 e. The van der Waals surface area contributed by atoms with Gasteiger partial charge in [0.2, 0.25) is 0 Å². The minimum absolute atomic E-state index is 0.337. The second-order valence-electron chi connectivity index (χ2n) is 1.95. The molecule has 0 aliphatic heterocycles. The summed E-state index contributed by atoms with van der Waals surface area (Å²) in [5.74, 6) is 0. The van der Waals surface area contributed by atoms with E-state index in [1.807, 2.05) is 6.92 Å². The second kappa shape index (κ2) is 3.58. The zero-order valence-electron chi connectivity index (χ0n) is 5.76. The monoisotopic (exact) mass is 136 g/mol. The highest BCUT2D eigenvalue weighted by atomic mass is 15.0. The Bertz CT molecular complexity index is 181. The van der Waals surface area contributed by atoms with E-state index < -0.39 is 5.54 Å². The lowest BCUT2D eigenvalue weighted by Crippen LogP contribution is -2.19. The van der Waals surface area contributed by atoms with E-state index in [-0.39, 0.29) is 0 Å². The average Bonchev–Trinajstić information content (AvgIpc) is 2.01. The van der Waals surface area contributed by atoms with Crippen LogP contribution in [0, 0.1) is 28.2 Å². The molecule has 4 heteroatoms. The molecule has 10 heavy (non-hydrogen) atoms. The fraction of sp³-hybridized carbons (Fsp3) is 0.667. The molecule has 0 bridgehead atoms. The maximum Gasteiger partial charge on any atom is 0.251 e. The van der Waals surface area contributed by atoms with Crippen molar-refractivity contribution in [2.45, 2.75) is 25.3 Å². The van der Waals surface area contributed by atoms with E-state index in [9.17, 15) is 0 Å². The second-order valence-corrected chi connectivity index (χ2v) is 1.95. The quantitative estimate of drug-likeness (QED) is 0.597. The Morgan fingerprint density at radius 3 is 2.10 bits per heavy atom. The van der Waals surface area contributed by atoms with Crippen LogP contribution in [0.25, 0.3) is 0 Å². The fourth-order valence-corrected chi connectivity index (χ4v) is 0.605. The number of nitrogens with zero attached hydrogens (tertiary/aromatic N) is 3. The molecule has 0 aromatic carbocycles. The topological polar surface area (TPSA) is 83.8 Å². The van der Waals surface area contributed by atoms with Crippen LogP contribution in [-0.2, 0) is 0 Å². The number of nitriles is 2. The number of rotatable bonds is 3. The highest BCUT2D eigenvalue weighted by molar-refractivity contribution is 5.20. The molecule has 0 rings (SSSR count). The van der Waals surface area contributed by atoms with Gasteiger partial charge in [0.15, 0.2) is 0 Å². The van der Waals surface area contributed by atoms with Crippen LogP contribution in [0.2, 0.25) is 0 Å². The Kier molecular flexibility index (Phi) is 3.07. The molecule has 0 saturated carbocycles. The standard InChI is InChI=1S/C6H8N4/c1-2-3-6(4-7,5-8)10-9/h9H,2-3H2,1H3. The first-order valence-electron chi connectivity index (χ1n) is 2.96. The Morgan fingerprint density at radius 1 is 1.50 bits per heavy atom. The fourth-order valence-electron chi connectivity index (χ4n) is 0.605. The van der Waals surface area contributed by atoms with Gasteiger partial charge in [0.05, 0.1) is 0 Å². The van der Waals surface area contributed by atoms with Gasteiger partial charge in [-0.1, -0.05) is 13.3 Å². The molecule has 0 aliphatic rings. The molecule has 0 radical (unpaired) electrons. The van der Waals surface area contributed by atoms with Crippen molar-refractivity contribution >= 4 is 0 Å². The van der Waals surface area contributed by atoms with E-state index in [0.717, 1.165) is 0 Å². The molecule has 0 aliphatic carbocycles. The van der Waals surface area contributed by atoms with Gasteiger partial charge in [-0.05, 0) is 0 Å². The minimum atomic E-state index is -1.42. The highest BCUT2D eigenvalue weighted by Gasteiger charge is 2.27. The summed E-state index contributed by atoms with van der Waals surface area (Å²) in [6, 6.07) is 3.40. The van der Waals surface area contributed by atoms with Gasteiger partial charge in [0.1, 0.15) is 12.1 Å². The van der Waals surface area contributed by atoms with Gasteiger partial charge in [0, 0.05) is 6.42 Å². The summed E-state index contributed by atoms with van der Waals surface area (Å²) in [6.07, 6.45) is 1.02. The van der Waals surface area contributed by atoms with Crippen LogP contribution >= 0.6 is 0 Å². The highest BCUT2D eigenvalue weighted by Crippen LogP contribution is 2.14. The van der Waals surface area contributed by atoms with Crippen LogP contribution in [0.4, 0.5) is 0 Å². The maximum atomic E-state index is 8.42. The van der Waals surface area contributed by atoms with Crippen molar-refractivity contribution in [2.75, 3.05) is 0 Å². The van der Waals surface area contributed by atoms with Gasteiger partial charge in [-0.3, -0.25) is 0 Å². The van der Waals surface area contributed by atoms with Crippen molar-refractivity contribution in [3.8, 4) is 12.1 Å². The lowest BCUT2D eigenvalue weighted by molar-refractivity contribution is 0.568. The largest absolute Gasteiger partial charge is 0.251 e. The van der Waals surface area contributed by atoms with Crippen LogP contribution in [0.1, 0.15) is 19.8 Å². The van der Waals surface area contributed by atoms with Crippen LogP contribution in [-0.4, -0.2) is 5.54 Å². The molecule has 0 aromatic heterocycles. The van der Waals surface area contributed by atoms with Crippen molar-refractivity contribution in [3.05, 3.63) is 0 Å². The van der Waals surface area contributed by atoms with Gasteiger partial charge < -0.3 is 0 Å². The number of hydrogen-bond acceptors (Lipinski definition) is 4. The molecule has 4 nitrogen and oxygen atoms in total. The minimum Gasteiger partial charge on any atom is -0.207 e. The Hall–Kier alpha value is -1.42. The van der Waals surface area contributed by atoms with Crippen molar-refractivity contribution < 1.29 is 0 Å². The summed E-state index contributed by atoms with van der Waals surface area (Å²) in [7, 11) is 0. The normalized spacial score (nSPS) is 9.50. The molecular formula is C6H8N4. The first-order chi connectivity index (χ1) is 4.74.